The molecule has 0 fully saturated rings. The highest BCUT2D eigenvalue weighted by Crippen LogP contribution is 2.50. The van der Waals surface area contributed by atoms with Crippen molar-refractivity contribution >= 4 is 43.4 Å². The summed E-state index contributed by atoms with van der Waals surface area (Å²) >= 11 is 0. The standard InChI is InChI=1S/C58H48N4/c1-56(2)27-28-57(3,4)50-34-52-46(33-49(50)56)44-16-10-12-18-51(44)62(52)42-25-23-36-20-22-39(30-41(36)31-42)54-59-53(38-21-19-35-13-7-8-14-37(35)29-38)60-55(61-54)40-24-26-48-45(32-40)43-15-9-11-17-47(43)58(48,5)6/h7-26,29-34H,27-28H2,1-6H3. The monoisotopic (exact) mass is 800 g/mol. The molecule has 0 spiro atoms. The molecule has 4 nitrogen and oxygen atoms in total. The second-order valence-corrected chi connectivity index (χ2v) is 19.6. The molecule has 0 saturated heterocycles. The molecule has 2 heterocycles. The third-order valence-electron chi connectivity index (χ3n) is 14.5. The minimum absolute atomic E-state index is 0.0823. The molecule has 0 radical (unpaired) electrons. The maximum Gasteiger partial charge on any atom is 0.164 e. The Kier molecular flexibility index (Phi) is 7.77. The number of hydrogen-bond acceptors (Lipinski definition) is 3. The highest BCUT2D eigenvalue weighted by molar-refractivity contribution is 6.10. The SMILES string of the molecule is CC1(C)CCC(C)(C)c2cc3c(cc21)c1ccccc1n3-c1ccc2ccc(-c3nc(-c4ccc5c(c4)-c4ccccc4C5(C)C)nc(-c4ccc5ccccc5c4)n3)cc2c1. The van der Waals surface area contributed by atoms with Crippen LogP contribution < -0.4 is 0 Å². The largest absolute Gasteiger partial charge is 0.309 e. The molecule has 300 valence electrons. The molecule has 0 bridgehead atoms. The van der Waals surface area contributed by atoms with Gasteiger partial charge in [-0.05, 0) is 127 Å². The van der Waals surface area contributed by atoms with E-state index < -0.39 is 0 Å². The third-order valence-corrected chi connectivity index (χ3v) is 14.5. The van der Waals surface area contributed by atoms with E-state index in [-0.39, 0.29) is 16.2 Å². The van der Waals surface area contributed by atoms with Gasteiger partial charge in [-0.2, -0.15) is 0 Å². The van der Waals surface area contributed by atoms with Crippen LogP contribution in [-0.4, -0.2) is 19.5 Å². The molecule has 2 aliphatic carbocycles. The zero-order chi connectivity index (χ0) is 42.1. The van der Waals surface area contributed by atoms with Crippen molar-refractivity contribution in [2.45, 2.75) is 70.6 Å². The Morgan fingerprint density at radius 2 is 0.935 bits per heavy atom. The number of nitrogens with zero attached hydrogens (tertiary/aromatic N) is 4. The molecular weight excluding hydrogens is 753 g/mol. The molecule has 0 N–H and O–H groups in total. The van der Waals surface area contributed by atoms with E-state index >= 15 is 0 Å². The average molecular weight is 801 g/mol. The van der Waals surface area contributed by atoms with Gasteiger partial charge in [-0.25, -0.2) is 15.0 Å². The van der Waals surface area contributed by atoms with E-state index in [1.807, 2.05) is 0 Å². The van der Waals surface area contributed by atoms with Gasteiger partial charge in [-0.3, -0.25) is 0 Å². The van der Waals surface area contributed by atoms with Gasteiger partial charge < -0.3 is 4.57 Å². The van der Waals surface area contributed by atoms with Crippen molar-refractivity contribution in [2.24, 2.45) is 0 Å². The van der Waals surface area contributed by atoms with Gasteiger partial charge in [0.15, 0.2) is 17.5 Å². The van der Waals surface area contributed by atoms with Gasteiger partial charge in [0.2, 0.25) is 0 Å². The second-order valence-electron chi connectivity index (χ2n) is 19.6. The average Bonchev–Trinajstić information content (AvgIpc) is 3.74. The number of rotatable bonds is 4. The Bertz CT molecular complexity index is 3510. The van der Waals surface area contributed by atoms with E-state index in [0.717, 1.165) is 33.2 Å². The van der Waals surface area contributed by atoms with Gasteiger partial charge in [0, 0.05) is 38.6 Å². The first-order valence-corrected chi connectivity index (χ1v) is 22.1. The number of aromatic nitrogens is 4. The summed E-state index contributed by atoms with van der Waals surface area (Å²) in [6.07, 6.45) is 2.37. The Labute approximate surface area is 363 Å². The van der Waals surface area contributed by atoms with Gasteiger partial charge in [-0.15, -0.1) is 0 Å². The Balaban J connectivity index is 1.03. The van der Waals surface area contributed by atoms with Crippen LogP contribution in [0.15, 0.2) is 158 Å². The Morgan fingerprint density at radius 1 is 0.387 bits per heavy atom. The van der Waals surface area contributed by atoms with Gasteiger partial charge in [0.25, 0.3) is 0 Å². The van der Waals surface area contributed by atoms with E-state index in [1.165, 1.54) is 78.8 Å². The molecule has 8 aromatic carbocycles. The van der Waals surface area contributed by atoms with E-state index in [0.29, 0.717) is 17.5 Å². The summed E-state index contributed by atoms with van der Waals surface area (Å²) in [6, 6.07) is 57.8. The maximum absolute atomic E-state index is 5.28. The highest BCUT2D eigenvalue weighted by atomic mass is 15.0. The molecule has 0 amide bonds. The maximum atomic E-state index is 5.28. The lowest BCUT2D eigenvalue weighted by Crippen LogP contribution is -2.33. The highest BCUT2D eigenvalue weighted by Gasteiger charge is 2.38. The molecule has 12 rings (SSSR count). The minimum Gasteiger partial charge on any atom is -0.309 e. The summed E-state index contributed by atoms with van der Waals surface area (Å²) in [4.78, 5) is 15.7. The zero-order valence-electron chi connectivity index (χ0n) is 36.2. The number of para-hydroxylation sites is 1. The zero-order valence-corrected chi connectivity index (χ0v) is 36.2. The molecule has 0 atom stereocenters. The molecule has 0 saturated carbocycles. The van der Waals surface area contributed by atoms with E-state index in [1.54, 1.807) is 0 Å². The van der Waals surface area contributed by atoms with Crippen LogP contribution in [0.25, 0.3) is 94.3 Å². The lowest BCUT2D eigenvalue weighted by molar-refractivity contribution is 0.332. The number of fused-ring (bicyclic) bond motifs is 9. The third kappa shape index (κ3) is 5.55. The minimum atomic E-state index is -0.0823. The van der Waals surface area contributed by atoms with Crippen LogP contribution >= 0.6 is 0 Å². The predicted molar refractivity (Wildman–Crippen MR) is 258 cm³/mol. The van der Waals surface area contributed by atoms with Crippen LogP contribution in [0.4, 0.5) is 0 Å². The van der Waals surface area contributed by atoms with Crippen molar-refractivity contribution < 1.29 is 0 Å². The van der Waals surface area contributed by atoms with Crippen molar-refractivity contribution in [1.82, 2.24) is 19.5 Å². The van der Waals surface area contributed by atoms with E-state index in [4.69, 9.17) is 15.0 Å². The van der Waals surface area contributed by atoms with Gasteiger partial charge in [0.05, 0.1) is 11.0 Å². The van der Waals surface area contributed by atoms with E-state index in [9.17, 15) is 0 Å². The fourth-order valence-corrected chi connectivity index (χ4v) is 10.8. The molecular formula is C58H48N4. The first kappa shape index (κ1) is 36.9. The normalized spacial score (nSPS) is 15.8. The van der Waals surface area contributed by atoms with Crippen LogP contribution in [0.2, 0.25) is 0 Å². The topological polar surface area (TPSA) is 43.6 Å². The molecule has 62 heavy (non-hydrogen) atoms. The molecule has 2 aromatic heterocycles. The lowest BCUT2D eigenvalue weighted by Gasteiger charge is -2.42. The second kappa shape index (κ2) is 13.0. The van der Waals surface area contributed by atoms with Crippen LogP contribution in [0.3, 0.4) is 0 Å². The summed E-state index contributed by atoms with van der Waals surface area (Å²) in [5.74, 6) is 1.97. The fourth-order valence-electron chi connectivity index (χ4n) is 10.8. The van der Waals surface area contributed by atoms with Gasteiger partial charge >= 0.3 is 0 Å². The van der Waals surface area contributed by atoms with Crippen LogP contribution in [0.1, 0.15) is 76.6 Å². The van der Waals surface area contributed by atoms with Crippen LogP contribution in [-0.2, 0) is 16.2 Å². The van der Waals surface area contributed by atoms with Crippen molar-refractivity contribution in [2.75, 3.05) is 0 Å². The van der Waals surface area contributed by atoms with Crippen LogP contribution in [0, 0.1) is 0 Å². The Hall–Kier alpha value is -6.91. The number of benzene rings is 8. The summed E-state index contributed by atoms with van der Waals surface area (Å²) < 4.78 is 2.47. The quantitative estimate of drug-likeness (QED) is 0.178. The molecule has 4 heteroatoms. The molecule has 2 aliphatic rings. The van der Waals surface area contributed by atoms with Crippen molar-refractivity contribution in [3.05, 3.63) is 180 Å². The van der Waals surface area contributed by atoms with Crippen molar-refractivity contribution in [1.29, 1.82) is 0 Å². The van der Waals surface area contributed by atoms with Gasteiger partial charge in [-0.1, -0.05) is 151 Å². The van der Waals surface area contributed by atoms with Gasteiger partial charge in [0.1, 0.15) is 0 Å². The van der Waals surface area contributed by atoms with Crippen molar-refractivity contribution in [3.63, 3.8) is 0 Å². The predicted octanol–water partition coefficient (Wildman–Crippen LogP) is 14.9. The van der Waals surface area contributed by atoms with Crippen LogP contribution in [0.5, 0.6) is 0 Å². The fraction of sp³-hybridized carbons (Fsp3) is 0.190. The smallest absolute Gasteiger partial charge is 0.164 e. The molecule has 0 aliphatic heterocycles. The van der Waals surface area contributed by atoms with E-state index in [2.05, 4.69) is 204 Å². The van der Waals surface area contributed by atoms with Crippen molar-refractivity contribution in [3.8, 4) is 51.0 Å². The first-order chi connectivity index (χ1) is 29.9. The summed E-state index contributed by atoms with van der Waals surface area (Å²) in [5, 5.41) is 7.25. The summed E-state index contributed by atoms with van der Waals surface area (Å²) in [7, 11) is 0. The summed E-state index contributed by atoms with van der Waals surface area (Å²) in [5.41, 5.74) is 14.8. The number of hydrogen-bond donors (Lipinski definition) is 0. The summed E-state index contributed by atoms with van der Waals surface area (Å²) in [6.45, 7) is 14.3. The Morgan fingerprint density at radius 3 is 1.68 bits per heavy atom. The first-order valence-electron chi connectivity index (χ1n) is 22.1. The molecule has 10 aromatic rings. The molecule has 0 unspecified atom stereocenters. The lowest BCUT2D eigenvalue weighted by atomic mass is 9.63.